The molecule has 4 N–H and O–H groups in total. The number of nitrogens with one attached hydrogen (secondary N) is 1. The van der Waals surface area contributed by atoms with Gasteiger partial charge >= 0.3 is 6.09 Å². The Labute approximate surface area is 199 Å². The molecule has 7 nitrogen and oxygen atoms in total. The van der Waals surface area contributed by atoms with Crippen molar-refractivity contribution in [1.29, 1.82) is 0 Å². The maximum Gasteiger partial charge on any atom is 0.412 e. The zero-order valence-corrected chi connectivity index (χ0v) is 20.0. The Hall–Kier alpha value is -2.48. The summed E-state index contributed by atoms with van der Waals surface area (Å²) in [4.78, 5) is 25.9. The first-order valence-electron chi connectivity index (χ1n) is 11.9. The van der Waals surface area contributed by atoms with E-state index in [4.69, 9.17) is 4.74 Å². The molecule has 0 aromatic heterocycles. The van der Waals surface area contributed by atoms with Gasteiger partial charge in [-0.2, -0.15) is 0 Å². The number of aliphatic hydroxyl groups excluding tert-OH is 1. The van der Waals surface area contributed by atoms with Crippen molar-refractivity contribution in [1.82, 2.24) is 0 Å². The van der Waals surface area contributed by atoms with E-state index in [1.165, 1.54) is 0 Å². The zero-order valence-electron chi connectivity index (χ0n) is 20.0. The van der Waals surface area contributed by atoms with Gasteiger partial charge in [0, 0.05) is 35.3 Å². The molecule has 182 valence electrons. The highest BCUT2D eigenvalue weighted by molar-refractivity contribution is 6.04. The summed E-state index contributed by atoms with van der Waals surface area (Å²) in [5.74, 6) is -2.34. The molecule has 1 aromatic rings. The summed E-state index contributed by atoms with van der Waals surface area (Å²) < 4.78 is 6.13. The van der Waals surface area contributed by atoms with E-state index in [-0.39, 0.29) is 24.9 Å². The van der Waals surface area contributed by atoms with Crippen LogP contribution in [0.2, 0.25) is 0 Å². The number of anilines is 1. The monoisotopic (exact) mass is 467 g/mol. The molecule has 4 aliphatic carbocycles. The second-order valence-electron chi connectivity index (χ2n) is 11.2. The van der Waals surface area contributed by atoms with E-state index in [0.717, 1.165) is 0 Å². The fourth-order valence-electron chi connectivity index (χ4n) is 7.43. The Bertz CT molecular complexity index is 1110. The first-order valence-corrected chi connectivity index (χ1v) is 11.9. The van der Waals surface area contributed by atoms with Gasteiger partial charge in [-0.15, -0.1) is 0 Å². The van der Waals surface area contributed by atoms with E-state index in [2.05, 4.69) is 5.32 Å². The molecule has 0 radical (unpaired) electrons. The summed E-state index contributed by atoms with van der Waals surface area (Å²) >= 11 is 0. The average molecular weight is 468 g/mol. The number of rotatable bonds is 3. The number of ketones is 1. The minimum Gasteiger partial charge on any atom is -0.442 e. The maximum absolute atomic E-state index is 13.0. The van der Waals surface area contributed by atoms with Crippen molar-refractivity contribution in [3.63, 3.8) is 0 Å². The summed E-state index contributed by atoms with van der Waals surface area (Å²) in [6, 6.07) is 9.08. The lowest BCUT2D eigenvalue weighted by Gasteiger charge is -2.50. The van der Waals surface area contributed by atoms with E-state index >= 15 is 0 Å². The molecule has 7 heteroatoms. The first kappa shape index (κ1) is 23.3. The molecule has 2 saturated carbocycles. The summed E-state index contributed by atoms with van der Waals surface area (Å²) in [6.45, 7) is 7.28. The number of fused-ring (bicyclic) bond motifs is 5. The summed E-state index contributed by atoms with van der Waals surface area (Å²) in [5.41, 5.74) is -2.91. The molecule has 5 rings (SSSR count). The molecule has 0 saturated heterocycles. The molecular weight excluding hydrogens is 434 g/mol. The Morgan fingerprint density at radius 2 is 1.85 bits per heavy atom. The Morgan fingerprint density at radius 1 is 1.18 bits per heavy atom. The van der Waals surface area contributed by atoms with Gasteiger partial charge < -0.3 is 20.1 Å². The van der Waals surface area contributed by atoms with Crippen molar-refractivity contribution in [3.05, 3.63) is 53.6 Å². The van der Waals surface area contributed by atoms with Crippen molar-refractivity contribution in [2.45, 2.75) is 57.3 Å². The van der Waals surface area contributed by atoms with Crippen LogP contribution < -0.4 is 5.32 Å². The number of aliphatic hydroxyl groups is 3. The molecule has 7 atom stereocenters. The van der Waals surface area contributed by atoms with E-state index in [9.17, 15) is 24.9 Å². The first-order chi connectivity index (χ1) is 15.9. The number of carbonyl (C=O) groups excluding carboxylic acids is 2. The molecule has 2 fully saturated rings. The van der Waals surface area contributed by atoms with Gasteiger partial charge in [0.25, 0.3) is 0 Å². The Morgan fingerprint density at radius 3 is 2.50 bits per heavy atom. The van der Waals surface area contributed by atoms with Crippen LogP contribution in [0.15, 0.2) is 53.6 Å². The molecular formula is C27H33NO6. The quantitative estimate of drug-likeness (QED) is 0.508. The normalized spacial score (nSPS) is 41.8. The van der Waals surface area contributed by atoms with Crippen molar-refractivity contribution in [2.75, 3.05) is 11.9 Å². The second-order valence-corrected chi connectivity index (χ2v) is 11.2. The number of hydrogen-bond acceptors (Lipinski definition) is 6. The fourth-order valence-corrected chi connectivity index (χ4v) is 7.43. The Kier molecular flexibility index (Phi) is 4.97. The number of benzene rings is 1. The average Bonchev–Trinajstić information content (AvgIpc) is 3.18. The third kappa shape index (κ3) is 2.87. The van der Waals surface area contributed by atoms with Crippen molar-refractivity contribution in [3.8, 4) is 0 Å². The van der Waals surface area contributed by atoms with Gasteiger partial charge in [-0.1, -0.05) is 51.1 Å². The van der Waals surface area contributed by atoms with Gasteiger partial charge in [-0.25, -0.2) is 4.79 Å². The molecule has 1 aromatic carbocycles. The highest BCUT2D eigenvalue weighted by Gasteiger charge is 2.83. The molecule has 0 spiro atoms. The van der Waals surface area contributed by atoms with Crippen LogP contribution in [-0.4, -0.2) is 50.6 Å². The minimum absolute atomic E-state index is 0.0259. The fraction of sp³-hybridized carbons (Fsp3) is 0.556. The molecule has 0 aliphatic heterocycles. The summed E-state index contributed by atoms with van der Waals surface area (Å²) in [7, 11) is 0. The highest BCUT2D eigenvalue weighted by atomic mass is 16.6. The van der Waals surface area contributed by atoms with Crippen LogP contribution in [0.5, 0.6) is 0 Å². The lowest BCUT2D eigenvalue weighted by Crippen LogP contribution is -2.61. The molecule has 4 aliphatic rings. The molecule has 0 heterocycles. The highest BCUT2D eigenvalue weighted by Crippen LogP contribution is 2.76. The van der Waals surface area contributed by atoms with Crippen LogP contribution in [0.1, 0.15) is 40.5 Å². The molecule has 0 unspecified atom stereocenters. The Balaban J connectivity index is 1.54. The SMILES string of the molecule is CC1=C[C@H]2[C@@]3(O)[C@H](C)C[C@]4(OC(=O)Nc5ccccc5)[C@H]([C@@H]3C=C(CO)C[C@]2(O)C1=O)C4(C)C. The lowest BCUT2D eigenvalue weighted by atomic mass is 9.60. The van der Waals surface area contributed by atoms with Gasteiger partial charge in [0.2, 0.25) is 0 Å². The second kappa shape index (κ2) is 7.26. The number of amides is 1. The predicted octanol–water partition coefficient (Wildman–Crippen LogP) is 3.22. The number of ether oxygens (including phenoxy) is 1. The minimum atomic E-state index is -1.79. The van der Waals surface area contributed by atoms with Crippen molar-refractivity contribution >= 4 is 17.6 Å². The van der Waals surface area contributed by atoms with Gasteiger partial charge in [0.1, 0.15) is 11.2 Å². The standard InChI is InChI=1S/C27H33NO6/c1-15-10-20-25(32,22(15)30)13-17(14-29)11-19-21-24(3,4)26(21,12-16(2)27(19,20)33)34-23(31)28-18-8-6-5-7-9-18/h5-11,16,19-21,29,32-33H,12-14H2,1-4H3,(H,28,31)/t16-,19+,20-,21-,25-,26+,27-/m1/s1. The van der Waals surface area contributed by atoms with Gasteiger partial charge in [0.15, 0.2) is 5.78 Å². The van der Waals surface area contributed by atoms with Gasteiger partial charge in [-0.05, 0) is 42.5 Å². The molecule has 0 bridgehead atoms. The van der Waals surface area contributed by atoms with Gasteiger partial charge in [-0.3, -0.25) is 10.1 Å². The third-order valence-corrected chi connectivity index (χ3v) is 9.17. The van der Waals surface area contributed by atoms with Crippen molar-refractivity contribution in [2.24, 2.45) is 29.1 Å². The van der Waals surface area contributed by atoms with Gasteiger partial charge in [0.05, 0.1) is 12.2 Å². The van der Waals surface area contributed by atoms with E-state index in [1.54, 1.807) is 25.1 Å². The van der Waals surface area contributed by atoms with Crippen LogP contribution in [0.3, 0.4) is 0 Å². The number of hydrogen-bond donors (Lipinski definition) is 4. The molecule has 34 heavy (non-hydrogen) atoms. The van der Waals surface area contributed by atoms with Crippen LogP contribution in [0.4, 0.5) is 10.5 Å². The van der Waals surface area contributed by atoms with E-state index in [0.29, 0.717) is 23.3 Å². The lowest BCUT2D eigenvalue weighted by molar-refractivity contribution is -0.177. The van der Waals surface area contributed by atoms with Crippen LogP contribution in [0.25, 0.3) is 0 Å². The van der Waals surface area contributed by atoms with Crippen LogP contribution >= 0.6 is 0 Å². The maximum atomic E-state index is 13.0. The molecule has 1 amide bonds. The third-order valence-electron chi connectivity index (χ3n) is 9.17. The number of para-hydroxylation sites is 1. The smallest absolute Gasteiger partial charge is 0.412 e. The van der Waals surface area contributed by atoms with Crippen molar-refractivity contribution < 1.29 is 29.6 Å². The predicted molar refractivity (Wildman–Crippen MR) is 126 cm³/mol. The topological polar surface area (TPSA) is 116 Å². The van der Waals surface area contributed by atoms with E-state index < -0.39 is 45.9 Å². The largest absolute Gasteiger partial charge is 0.442 e. The van der Waals surface area contributed by atoms with Crippen LogP contribution in [0, 0.1) is 29.1 Å². The summed E-state index contributed by atoms with van der Waals surface area (Å²) in [6.07, 6.45) is 3.35. The number of carbonyl (C=O) groups is 2. The zero-order chi connectivity index (χ0) is 24.7. The number of Topliss-reactive ketones (excluding diaryl/α,β-unsaturated/α-hetero) is 1. The van der Waals surface area contributed by atoms with Crippen LogP contribution in [-0.2, 0) is 9.53 Å². The summed E-state index contributed by atoms with van der Waals surface area (Å²) in [5, 5.41) is 36.7. The van der Waals surface area contributed by atoms with E-state index in [1.807, 2.05) is 45.0 Å².